The molecule has 4 heteroatoms. The molecule has 0 unspecified atom stereocenters. The van der Waals surface area contributed by atoms with Crippen LogP contribution in [0, 0.1) is 31.9 Å². The smallest absolute Gasteiger partial charge is 0.120 e. The molecule has 4 aromatic carbocycles. The van der Waals surface area contributed by atoms with Crippen LogP contribution < -0.4 is 0 Å². The maximum atomic E-state index is 5.93. The van der Waals surface area contributed by atoms with Crippen molar-refractivity contribution in [2.75, 3.05) is 0 Å². The number of fused-ring (bicyclic) bond motifs is 3. The number of furan rings is 1. The Bertz CT molecular complexity index is 2090. The molecule has 0 amide bonds. The van der Waals surface area contributed by atoms with Crippen molar-refractivity contribution in [2.45, 2.75) is 53.4 Å². The Labute approximate surface area is 292 Å². The molecule has 0 aliphatic carbocycles. The zero-order valence-electron chi connectivity index (χ0n) is 27.9. The molecule has 1 radical (unpaired) electrons. The SMILES string of the molecule is CC(C)(c1ccccc1)c1ccnc(-c2[c-]cc3oc4ccccc4c3c2)c1.Cc1c[c-]c(-c2cc(CC(C)C)c(C)cn2)cc1.[Ir]. The summed E-state index contributed by atoms with van der Waals surface area (Å²) >= 11 is 0. The molecule has 0 bridgehead atoms. The van der Waals surface area contributed by atoms with Gasteiger partial charge >= 0.3 is 0 Å². The predicted octanol–water partition coefficient (Wildman–Crippen LogP) is 11.1. The first-order chi connectivity index (χ1) is 22.2. The minimum atomic E-state index is -0.106. The van der Waals surface area contributed by atoms with Crippen LogP contribution in [0.3, 0.4) is 0 Å². The first kappa shape index (κ1) is 34.0. The summed E-state index contributed by atoms with van der Waals surface area (Å²) in [4.78, 5) is 9.14. The van der Waals surface area contributed by atoms with Crippen LogP contribution in [-0.2, 0) is 31.9 Å². The number of rotatable bonds is 6. The Hall–Kier alpha value is -4.37. The van der Waals surface area contributed by atoms with E-state index in [2.05, 4.69) is 136 Å². The Morgan fingerprint density at radius 1 is 0.702 bits per heavy atom. The van der Waals surface area contributed by atoms with Crippen molar-refractivity contribution in [3.05, 3.63) is 155 Å². The molecular weight excluding hydrogens is 753 g/mol. The summed E-state index contributed by atoms with van der Waals surface area (Å²) in [5.41, 5.74) is 12.1. The molecule has 47 heavy (non-hydrogen) atoms. The molecule has 0 fully saturated rings. The molecule has 3 aromatic heterocycles. The van der Waals surface area contributed by atoms with Gasteiger partial charge in [0.25, 0.3) is 0 Å². The summed E-state index contributed by atoms with van der Waals surface area (Å²) < 4.78 is 5.93. The van der Waals surface area contributed by atoms with Crippen molar-refractivity contribution in [2.24, 2.45) is 5.92 Å². The Kier molecular flexibility index (Phi) is 10.5. The summed E-state index contributed by atoms with van der Waals surface area (Å²) in [6.45, 7) is 13.2. The van der Waals surface area contributed by atoms with Crippen molar-refractivity contribution in [1.82, 2.24) is 9.97 Å². The van der Waals surface area contributed by atoms with Gasteiger partial charge in [-0.25, -0.2) is 0 Å². The van der Waals surface area contributed by atoms with Gasteiger partial charge in [0.1, 0.15) is 5.58 Å². The average Bonchev–Trinajstić information content (AvgIpc) is 3.45. The third kappa shape index (κ3) is 7.62. The zero-order chi connectivity index (χ0) is 32.3. The van der Waals surface area contributed by atoms with Crippen LogP contribution in [0.2, 0.25) is 0 Å². The van der Waals surface area contributed by atoms with E-state index in [4.69, 9.17) is 4.42 Å². The molecule has 0 atom stereocenters. The van der Waals surface area contributed by atoms with Crippen LogP contribution in [0.4, 0.5) is 0 Å². The molecule has 0 aliphatic rings. The van der Waals surface area contributed by atoms with E-state index in [9.17, 15) is 0 Å². The fourth-order valence-corrected chi connectivity index (χ4v) is 5.84. The van der Waals surface area contributed by atoms with Crippen LogP contribution in [0.1, 0.15) is 55.5 Å². The van der Waals surface area contributed by atoms with E-state index in [1.165, 1.54) is 27.8 Å². The van der Waals surface area contributed by atoms with Crippen molar-refractivity contribution in [3.8, 4) is 22.5 Å². The Morgan fingerprint density at radius 2 is 1.43 bits per heavy atom. The van der Waals surface area contributed by atoms with Crippen LogP contribution in [0.5, 0.6) is 0 Å². The number of pyridine rings is 2. The number of hydrogen-bond donors (Lipinski definition) is 0. The monoisotopic (exact) mass is 793 g/mol. The van der Waals surface area contributed by atoms with Gasteiger partial charge in [-0.1, -0.05) is 106 Å². The minimum Gasteiger partial charge on any atom is -0.500 e. The van der Waals surface area contributed by atoms with Crippen LogP contribution in [0.15, 0.2) is 120 Å². The number of nitrogens with zero attached hydrogens (tertiary/aromatic N) is 2. The molecular formula is C43H40IrN2O-2. The minimum absolute atomic E-state index is 0. The van der Waals surface area contributed by atoms with Crippen molar-refractivity contribution in [1.29, 1.82) is 0 Å². The molecule has 0 aliphatic heterocycles. The van der Waals surface area contributed by atoms with Gasteiger partial charge in [0.05, 0.1) is 5.58 Å². The number of benzene rings is 4. The second kappa shape index (κ2) is 14.6. The molecule has 0 saturated carbocycles. The molecule has 7 aromatic rings. The summed E-state index contributed by atoms with van der Waals surface area (Å²) in [5.74, 6) is 0.668. The molecule has 3 nitrogen and oxygen atoms in total. The van der Waals surface area contributed by atoms with Gasteiger partial charge in [0.15, 0.2) is 0 Å². The van der Waals surface area contributed by atoms with Crippen LogP contribution in [0.25, 0.3) is 44.5 Å². The fourth-order valence-electron chi connectivity index (χ4n) is 5.84. The number of aryl methyl sites for hydroxylation is 2. The van der Waals surface area contributed by atoms with E-state index in [-0.39, 0.29) is 25.5 Å². The van der Waals surface area contributed by atoms with E-state index in [1.807, 2.05) is 42.7 Å². The third-order valence-corrected chi connectivity index (χ3v) is 8.65. The first-order valence-electron chi connectivity index (χ1n) is 16.0. The maximum absolute atomic E-state index is 5.93. The quantitative estimate of drug-likeness (QED) is 0.157. The van der Waals surface area contributed by atoms with E-state index in [0.717, 1.165) is 50.9 Å². The predicted molar refractivity (Wildman–Crippen MR) is 191 cm³/mol. The molecule has 239 valence electrons. The van der Waals surface area contributed by atoms with Crippen molar-refractivity contribution < 1.29 is 24.5 Å². The first-order valence-corrected chi connectivity index (χ1v) is 16.0. The van der Waals surface area contributed by atoms with Gasteiger partial charge in [0.2, 0.25) is 0 Å². The fraction of sp³-hybridized carbons (Fsp3) is 0.209. The van der Waals surface area contributed by atoms with E-state index < -0.39 is 0 Å². The molecule has 0 saturated heterocycles. The van der Waals surface area contributed by atoms with Crippen molar-refractivity contribution >= 4 is 21.9 Å². The van der Waals surface area contributed by atoms with E-state index >= 15 is 0 Å². The standard InChI is InChI=1S/C26H20NO.C17H20N.Ir/c1-26(2,19-8-4-3-5-9-19)20-14-15-27-23(17-20)18-12-13-25-22(16-18)21-10-6-7-11-24(21)28-25;1-12(2)9-16-10-17(18-11-14(16)4)15-7-5-13(3)6-8-15;/h3-11,13-17H,1-2H3;5-7,10-12H,9H2,1-4H3;/q2*-1;. The number of para-hydroxylation sites is 1. The Morgan fingerprint density at radius 3 is 2.17 bits per heavy atom. The number of aromatic nitrogens is 2. The summed E-state index contributed by atoms with van der Waals surface area (Å²) in [7, 11) is 0. The topological polar surface area (TPSA) is 38.9 Å². The molecule has 0 spiro atoms. The second-order valence-electron chi connectivity index (χ2n) is 13.0. The van der Waals surface area contributed by atoms with E-state index in [1.54, 1.807) is 0 Å². The second-order valence-corrected chi connectivity index (χ2v) is 13.0. The van der Waals surface area contributed by atoms with Crippen LogP contribution in [-0.4, -0.2) is 9.97 Å². The van der Waals surface area contributed by atoms with Gasteiger partial charge < -0.3 is 14.4 Å². The summed E-state index contributed by atoms with van der Waals surface area (Å²) in [6.07, 6.45) is 4.97. The van der Waals surface area contributed by atoms with Gasteiger partial charge in [0, 0.05) is 43.3 Å². The average molecular weight is 793 g/mol. The zero-order valence-corrected chi connectivity index (χ0v) is 30.3. The molecule has 7 rings (SSSR count). The van der Waals surface area contributed by atoms with Crippen molar-refractivity contribution in [3.63, 3.8) is 0 Å². The normalized spacial score (nSPS) is 11.3. The van der Waals surface area contributed by atoms with Gasteiger partial charge in [-0.2, -0.15) is 0 Å². The maximum Gasteiger partial charge on any atom is 0.120 e. The number of hydrogen-bond acceptors (Lipinski definition) is 3. The van der Waals surface area contributed by atoms with E-state index in [0.29, 0.717) is 5.92 Å². The van der Waals surface area contributed by atoms with Crippen LogP contribution >= 0.6 is 0 Å². The summed E-state index contributed by atoms with van der Waals surface area (Å²) in [5, 5.41) is 2.22. The van der Waals surface area contributed by atoms with Gasteiger partial charge in [-0.15, -0.1) is 59.2 Å². The van der Waals surface area contributed by atoms with Gasteiger partial charge in [-0.3, -0.25) is 0 Å². The molecule has 3 heterocycles. The van der Waals surface area contributed by atoms with Gasteiger partial charge in [-0.05, 0) is 59.5 Å². The molecule has 0 N–H and O–H groups in total. The third-order valence-electron chi connectivity index (χ3n) is 8.65. The largest absolute Gasteiger partial charge is 0.500 e. The summed E-state index contributed by atoms with van der Waals surface area (Å²) in [6, 6.07) is 42.1. The Balaban J connectivity index is 0.000000199.